The van der Waals surface area contributed by atoms with Crippen LogP contribution in [0.2, 0.25) is 0 Å². The first-order valence-electron chi connectivity index (χ1n) is 13.1. The lowest BCUT2D eigenvalue weighted by atomic mass is 9.91. The smallest absolute Gasteiger partial charge is 0.248 e. The summed E-state index contributed by atoms with van der Waals surface area (Å²) in [6.45, 7) is 1.74. The van der Waals surface area contributed by atoms with Gasteiger partial charge in [-0.2, -0.15) is 0 Å². The lowest BCUT2D eigenvalue weighted by Crippen LogP contribution is -2.40. The summed E-state index contributed by atoms with van der Waals surface area (Å²) in [6.07, 6.45) is 1.36. The van der Waals surface area contributed by atoms with Gasteiger partial charge in [0.05, 0.1) is 22.8 Å². The van der Waals surface area contributed by atoms with Crippen LogP contribution in [0.15, 0.2) is 42.1 Å². The van der Waals surface area contributed by atoms with E-state index in [1.54, 1.807) is 14.0 Å². The number of hydrogen-bond donors (Lipinski definition) is 2. The minimum absolute atomic E-state index is 0.229. The van der Waals surface area contributed by atoms with Crippen molar-refractivity contribution in [3.05, 3.63) is 65.1 Å². The van der Waals surface area contributed by atoms with E-state index in [0.717, 1.165) is 23.2 Å². The molecule has 1 amide bonds. The zero-order chi connectivity index (χ0) is 28.1. The first kappa shape index (κ1) is 27.0. The number of halogens is 4. The number of hydrogen-bond acceptors (Lipinski definition) is 5. The molecule has 1 aromatic heterocycles. The van der Waals surface area contributed by atoms with Crippen LogP contribution >= 0.6 is 0 Å². The number of rotatable bonds is 5. The van der Waals surface area contributed by atoms with Gasteiger partial charge < -0.3 is 20.2 Å². The number of carbonyl (C=O) groups is 1. The van der Waals surface area contributed by atoms with Gasteiger partial charge in [0, 0.05) is 55.4 Å². The number of nitrogens with two attached hydrogens (primary N) is 2. The van der Waals surface area contributed by atoms with Gasteiger partial charge in [-0.1, -0.05) is 6.07 Å². The van der Waals surface area contributed by atoms with Gasteiger partial charge in [0.1, 0.15) is 5.82 Å². The zero-order valence-electron chi connectivity index (χ0n) is 21.9. The van der Waals surface area contributed by atoms with Crippen LogP contribution < -0.4 is 16.5 Å². The van der Waals surface area contributed by atoms with Crippen LogP contribution in [-0.2, 0) is 4.79 Å². The average Bonchev–Trinajstić information content (AvgIpc) is 3.24. The first-order valence-corrected chi connectivity index (χ1v) is 13.1. The second-order valence-corrected chi connectivity index (χ2v) is 10.5. The van der Waals surface area contributed by atoms with Gasteiger partial charge in [0.25, 0.3) is 0 Å². The van der Waals surface area contributed by atoms with E-state index in [0.29, 0.717) is 35.6 Å². The fraction of sp³-hybridized carbons (Fsp3) is 0.429. The molecule has 208 valence electrons. The second kappa shape index (κ2) is 10.2. The fourth-order valence-electron chi connectivity index (χ4n) is 5.95. The third-order valence-corrected chi connectivity index (χ3v) is 7.70. The molecule has 0 unspecified atom stereocenters. The first-order chi connectivity index (χ1) is 18.5. The van der Waals surface area contributed by atoms with E-state index in [1.165, 1.54) is 16.0 Å². The van der Waals surface area contributed by atoms with Crippen molar-refractivity contribution in [1.82, 2.24) is 14.6 Å². The van der Waals surface area contributed by atoms with E-state index in [2.05, 4.69) is 0 Å². The molecule has 5 rings (SSSR count). The van der Waals surface area contributed by atoms with Gasteiger partial charge in [0.2, 0.25) is 11.8 Å². The summed E-state index contributed by atoms with van der Waals surface area (Å²) in [5.41, 5.74) is 9.51. The van der Waals surface area contributed by atoms with Crippen molar-refractivity contribution in [2.24, 2.45) is 11.6 Å². The van der Waals surface area contributed by atoms with Crippen LogP contribution in [-0.4, -0.2) is 33.4 Å². The molecule has 2 fully saturated rings. The summed E-state index contributed by atoms with van der Waals surface area (Å²) in [4.78, 5) is 19.6. The highest BCUT2D eigenvalue weighted by atomic mass is 19.3. The standard InChI is InChI=1S/C28H32F4N6O/c1-16(33)26(36(2)34)17-6-9-23-22(14-17)35-27(38(23)18-10-12-28(31,32)13-11-18)24-4-3-5-25(39)37(24)19-7-8-20(29)21(30)15-19/h6-9,14-15,18,24H,3-5,10-13,33-34H2,1-2H3/b26-16-/t24-/m0/s1. The zero-order valence-corrected chi connectivity index (χ0v) is 21.9. The Kier molecular flexibility index (Phi) is 7.04. The molecule has 0 spiro atoms. The quantitative estimate of drug-likeness (QED) is 0.242. The fourth-order valence-corrected chi connectivity index (χ4v) is 5.95. The summed E-state index contributed by atoms with van der Waals surface area (Å²) in [7, 11) is 1.68. The molecule has 2 heterocycles. The molecule has 0 bridgehead atoms. The molecule has 11 heteroatoms. The van der Waals surface area contributed by atoms with Crippen LogP contribution in [0, 0.1) is 11.6 Å². The van der Waals surface area contributed by atoms with Crippen molar-refractivity contribution in [1.29, 1.82) is 0 Å². The number of aromatic nitrogens is 2. The Hall–Kier alpha value is -3.60. The number of allylic oxidation sites excluding steroid dienone is 1. The Morgan fingerprint density at radius 3 is 2.44 bits per heavy atom. The number of amides is 1. The average molecular weight is 545 g/mol. The van der Waals surface area contributed by atoms with Gasteiger partial charge in [-0.05, 0) is 56.9 Å². The Bertz CT molecular complexity index is 1440. The monoisotopic (exact) mass is 544 g/mol. The molecule has 1 saturated carbocycles. The number of imidazole rings is 1. The molecular weight excluding hydrogens is 512 g/mol. The third-order valence-electron chi connectivity index (χ3n) is 7.70. The van der Waals surface area contributed by atoms with Gasteiger partial charge in [-0.25, -0.2) is 28.4 Å². The molecule has 39 heavy (non-hydrogen) atoms. The number of hydrazine groups is 1. The SMILES string of the molecule is C/C(N)=C(\c1ccc2c(c1)nc([C@@H]1CCCC(=O)N1c1ccc(F)c(F)c1)n2C1CCC(F)(F)CC1)N(C)N. The predicted octanol–water partition coefficient (Wildman–Crippen LogP) is 5.78. The van der Waals surface area contributed by atoms with Gasteiger partial charge in [0.15, 0.2) is 11.6 Å². The number of piperidine rings is 1. The molecule has 7 nitrogen and oxygen atoms in total. The van der Waals surface area contributed by atoms with Crippen molar-refractivity contribution in [2.75, 3.05) is 11.9 Å². The van der Waals surface area contributed by atoms with E-state index >= 15 is 0 Å². The maximum atomic E-state index is 14.2. The van der Waals surface area contributed by atoms with E-state index < -0.39 is 23.6 Å². The minimum Gasteiger partial charge on any atom is -0.401 e. The van der Waals surface area contributed by atoms with Crippen molar-refractivity contribution in [3.8, 4) is 0 Å². The lowest BCUT2D eigenvalue weighted by molar-refractivity contribution is -0.120. The predicted molar refractivity (Wildman–Crippen MR) is 141 cm³/mol. The molecule has 2 aliphatic rings. The highest BCUT2D eigenvalue weighted by molar-refractivity contribution is 5.95. The third kappa shape index (κ3) is 5.07. The van der Waals surface area contributed by atoms with Crippen molar-refractivity contribution < 1.29 is 22.4 Å². The van der Waals surface area contributed by atoms with E-state index in [9.17, 15) is 22.4 Å². The minimum atomic E-state index is -2.72. The molecule has 1 saturated heterocycles. The molecule has 1 atom stereocenters. The van der Waals surface area contributed by atoms with Crippen molar-refractivity contribution >= 4 is 28.3 Å². The molecule has 3 aromatic rings. The summed E-state index contributed by atoms with van der Waals surface area (Å²) < 4.78 is 58.1. The highest BCUT2D eigenvalue weighted by Gasteiger charge is 2.40. The van der Waals surface area contributed by atoms with Crippen LogP contribution in [0.4, 0.5) is 23.2 Å². The Morgan fingerprint density at radius 2 is 1.79 bits per heavy atom. The summed E-state index contributed by atoms with van der Waals surface area (Å²) in [6, 6.07) is 8.10. The van der Waals surface area contributed by atoms with E-state index in [1.807, 2.05) is 22.8 Å². The topological polar surface area (TPSA) is 93.4 Å². The van der Waals surface area contributed by atoms with Crippen molar-refractivity contribution in [3.63, 3.8) is 0 Å². The molecule has 1 aliphatic heterocycles. The van der Waals surface area contributed by atoms with Gasteiger partial charge >= 0.3 is 0 Å². The Morgan fingerprint density at radius 1 is 1.08 bits per heavy atom. The number of benzene rings is 2. The van der Waals surface area contributed by atoms with Gasteiger partial charge in [-0.3, -0.25) is 4.79 Å². The van der Waals surface area contributed by atoms with Crippen LogP contribution in [0.3, 0.4) is 0 Å². The number of fused-ring (bicyclic) bond motifs is 1. The highest BCUT2D eigenvalue weighted by Crippen LogP contribution is 2.44. The van der Waals surface area contributed by atoms with E-state index in [-0.39, 0.29) is 49.7 Å². The van der Waals surface area contributed by atoms with Gasteiger partial charge in [-0.15, -0.1) is 0 Å². The Labute approximate surface area is 224 Å². The van der Waals surface area contributed by atoms with Crippen LogP contribution in [0.5, 0.6) is 0 Å². The van der Waals surface area contributed by atoms with Crippen molar-refractivity contribution in [2.45, 2.75) is 69.9 Å². The maximum Gasteiger partial charge on any atom is 0.248 e. The van der Waals surface area contributed by atoms with E-state index in [4.69, 9.17) is 16.6 Å². The van der Waals surface area contributed by atoms with Crippen LogP contribution in [0.1, 0.15) is 75.3 Å². The second-order valence-electron chi connectivity index (χ2n) is 10.5. The molecular formula is C28H32F4N6O. The normalized spacial score (nSPS) is 20.8. The molecule has 1 aliphatic carbocycles. The number of carbonyl (C=O) groups excluding carboxylic acids is 1. The molecule has 4 N–H and O–H groups in total. The molecule has 0 radical (unpaired) electrons. The lowest BCUT2D eigenvalue weighted by Gasteiger charge is -2.37. The van der Waals surface area contributed by atoms with Crippen LogP contribution in [0.25, 0.3) is 16.7 Å². The number of nitrogens with zero attached hydrogens (tertiary/aromatic N) is 4. The number of anilines is 1. The maximum absolute atomic E-state index is 14.2. The summed E-state index contributed by atoms with van der Waals surface area (Å²) in [5, 5.41) is 1.42. The Balaban J connectivity index is 1.68. The largest absolute Gasteiger partial charge is 0.401 e. The number of alkyl halides is 2. The summed E-state index contributed by atoms with van der Waals surface area (Å²) in [5.74, 6) is 1.54. The summed E-state index contributed by atoms with van der Waals surface area (Å²) >= 11 is 0. The molecule has 2 aromatic carbocycles.